The van der Waals surface area contributed by atoms with Crippen molar-refractivity contribution in [2.75, 3.05) is 0 Å². The Morgan fingerprint density at radius 2 is 0.469 bits per heavy atom. The average Bonchev–Trinajstić information content (AvgIpc) is 0.815. The van der Waals surface area contributed by atoms with Gasteiger partial charge in [-0.2, -0.15) is 0 Å². The lowest BCUT2D eigenvalue weighted by molar-refractivity contribution is 0.504. The van der Waals surface area contributed by atoms with Gasteiger partial charge in [-0.25, -0.2) is 0 Å². The average molecular weight is 1330 g/mol. The molecule has 524 valence electrons. The fourth-order valence-corrected chi connectivity index (χ4v) is 11.4. The standard InChI is InChI=1S/3C16H14.C12H12.C8H10.C6H8O.C6H8S.8C2H6/c1-11-3-7-15-13(9-11)5-6-14-10-12(2)4-8-16(14)15;1-11-3-5-13-10-16-8-12(2)4-6-14(16)9-15(13)7-11;1-11-13-7-3-5-9-15(13)12(2)16-10-6-4-8-14(11)16;1-9-7-10(2)12-6-4-3-5-11(12)8-9;1-7-5-3-4-6-8(7)2;2*1-5-3-4-6(2)7-5;8*1-2/h3*3-10H,1-2H3;3-8H,1-2H3;3-6H,1-2H3;2*3-4H,1-2H3;8*1-2H3. The van der Waals surface area contributed by atoms with Crippen molar-refractivity contribution in [3.8, 4) is 0 Å². The molecule has 0 N–H and O–H groups in total. The van der Waals surface area contributed by atoms with Gasteiger partial charge in [-0.05, 0) is 237 Å². The summed E-state index contributed by atoms with van der Waals surface area (Å²) in [7, 11) is 0. The van der Waals surface area contributed by atoms with Gasteiger partial charge in [0.2, 0.25) is 0 Å². The highest BCUT2D eigenvalue weighted by Crippen LogP contribution is 2.32. The van der Waals surface area contributed by atoms with E-state index >= 15 is 0 Å². The van der Waals surface area contributed by atoms with Gasteiger partial charge in [-0.15, -0.1) is 11.3 Å². The van der Waals surface area contributed by atoms with E-state index in [0.29, 0.717) is 0 Å². The predicted molar refractivity (Wildman–Crippen MR) is 455 cm³/mol. The van der Waals surface area contributed by atoms with Crippen molar-refractivity contribution in [3.63, 3.8) is 0 Å². The second-order valence-corrected chi connectivity index (χ2v) is 23.6. The Labute approximate surface area is 602 Å². The van der Waals surface area contributed by atoms with Crippen molar-refractivity contribution < 1.29 is 4.42 Å². The summed E-state index contributed by atoms with van der Waals surface area (Å²) in [6.45, 7) is 61.6. The SMILES string of the molecule is CC.CC.CC.CC.CC.CC.CC.CC.Cc1c2ccccc2c(C)c2ccccc12.Cc1cc(C)c2ccccc2c1.Cc1ccc(C)o1.Cc1ccc(C)s1.Cc1ccc2c(ccc3cc(C)ccc32)c1.Cc1ccc2cc3cc(C)ccc3cc2c1.Cc1ccccc1C. The van der Waals surface area contributed by atoms with Gasteiger partial charge in [0.15, 0.2) is 0 Å². The van der Waals surface area contributed by atoms with Gasteiger partial charge < -0.3 is 4.42 Å². The molecule has 0 aliphatic heterocycles. The van der Waals surface area contributed by atoms with Crippen LogP contribution in [-0.2, 0) is 0 Å². The number of hydrogen-bond donors (Lipinski definition) is 0. The molecule has 12 aromatic carbocycles. The number of benzene rings is 12. The van der Waals surface area contributed by atoms with Gasteiger partial charge in [0.25, 0.3) is 0 Å². The molecule has 14 rings (SSSR count). The highest BCUT2D eigenvalue weighted by molar-refractivity contribution is 7.11. The van der Waals surface area contributed by atoms with Gasteiger partial charge in [0, 0.05) is 9.75 Å². The molecule has 0 spiro atoms. The van der Waals surface area contributed by atoms with E-state index in [2.05, 4.69) is 301 Å². The summed E-state index contributed by atoms with van der Waals surface area (Å²) in [6, 6.07) is 82.3. The van der Waals surface area contributed by atoms with Gasteiger partial charge in [0.1, 0.15) is 11.5 Å². The van der Waals surface area contributed by atoms with Crippen molar-refractivity contribution in [3.05, 3.63) is 307 Å². The van der Waals surface area contributed by atoms with Crippen LogP contribution in [0.1, 0.15) is 188 Å². The molecule has 2 heterocycles. The van der Waals surface area contributed by atoms with E-state index in [1.807, 2.05) is 148 Å². The van der Waals surface area contributed by atoms with Gasteiger partial charge in [-0.3, -0.25) is 0 Å². The monoisotopic (exact) mass is 1330 g/mol. The van der Waals surface area contributed by atoms with Crippen LogP contribution in [0.3, 0.4) is 0 Å². The van der Waals surface area contributed by atoms with Crippen LogP contribution in [0.4, 0.5) is 0 Å². The molecule has 1 nitrogen and oxygen atoms in total. The lowest BCUT2D eigenvalue weighted by atomic mass is 9.93. The van der Waals surface area contributed by atoms with Crippen molar-refractivity contribution in [2.45, 2.75) is 208 Å². The van der Waals surface area contributed by atoms with E-state index in [1.165, 1.54) is 141 Å². The Morgan fingerprint density at radius 1 is 0.194 bits per heavy atom. The Hall–Kier alpha value is -8.56. The van der Waals surface area contributed by atoms with Gasteiger partial charge in [0.05, 0.1) is 0 Å². The zero-order chi connectivity index (χ0) is 74.5. The van der Waals surface area contributed by atoms with Crippen LogP contribution in [0.15, 0.2) is 235 Å². The van der Waals surface area contributed by atoms with Crippen LogP contribution in [0.25, 0.3) is 75.4 Å². The van der Waals surface area contributed by atoms with Crippen LogP contribution in [0, 0.1) is 96.9 Å². The Bertz CT molecular complexity index is 4100. The van der Waals surface area contributed by atoms with E-state index in [1.54, 1.807) is 0 Å². The molecule has 0 radical (unpaired) electrons. The summed E-state index contributed by atoms with van der Waals surface area (Å²) in [4.78, 5) is 2.80. The topological polar surface area (TPSA) is 13.1 Å². The smallest absolute Gasteiger partial charge is 0.101 e. The maximum atomic E-state index is 5.08. The van der Waals surface area contributed by atoms with E-state index in [9.17, 15) is 0 Å². The van der Waals surface area contributed by atoms with Crippen molar-refractivity contribution in [2.24, 2.45) is 0 Å². The Balaban J connectivity index is 0.00000110. The molecule has 98 heavy (non-hydrogen) atoms. The zero-order valence-electron chi connectivity index (χ0n) is 66.8. The van der Waals surface area contributed by atoms with Crippen LogP contribution in [0.2, 0.25) is 0 Å². The van der Waals surface area contributed by atoms with Crippen molar-refractivity contribution in [1.29, 1.82) is 0 Å². The highest BCUT2D eigenvalue weighted by atomic mass is 32.1. The highest BCUT2D eigenvalue weighted by Gasteiger charge is 2.07. The van der Waals surface area contributed by atoms with E-state index in [0.717, 1.165) is 11.5 Å². The first-order valence-corrected chi connectivity index (χ1v) is 37.4. The maximum Gasteiger partial charge on any atom is 0.101 e. The lowest BCUT2D eigenvalue weighted by Gasteiger charge is -2.11. The third-order valence-electron chi connectivity index (χ3n) is 15.1. The molecule has 0 amide bonds. The number of hydrogen-bond acceptors (Lipinski definition) is 2. The summed E-state index contributed by atoms with van der Waals surface area (Å²) in [6.07, 6.45) is 0. The van der Waals surface area contributed by atoms with Gasteiger partial charge >= 0.3 is 0 Å². The molecule has 2 heteroatoms. The minimum Gasteiger partial charge on any atom is -0.467 e. The zero-order valence-corrected chi connectivity index (χ0v) is 67.6. The molecule has 2 aromatic heterocycles. The van der Waals surface area contributed by atoms with E-state index in [-0.39, 0.29) is 0 Å². The molecule has 14 aromatic rings. The van der Waals surface area contributed by atoms with Crippen molar-refractivity contribution in [1.82, 2.24) is 0 Å². The summed E-state index contributed by atoms with van der Waals surface area (Å²) < 4.78 is 5.08. The Morgan fingerprint density at radius 3 is 0.776 bits per heavy atom. The normalized spacial score (nSPS) is 9.33. The minimum atomic E-state index is 0.984. The summed E-state index contributed by atoms with van der Waals surface area (Å²) in [5.74, 6) is 1.97. The fourth-order valence-electron chi connectivity index (χ4n) is 10.6. The molecule has 0 aliphatic carbocycles. The third-order valence-corrected chi connectivity index (χ3v) is 16.0. The largest absolute Gasteiger partial charge is 0.467 e. The third kappa shape index (κ3) is 28.9. The predicted octanol–water partition coefficient (Wildman–Crippen LogP) is 32.1. The molecule has 0 aliphatic rings. The first kappa shape index (κ1) is 89.4. The molecule has 0 fully saturated rings. The van der Waals surface area contributed by atoms with Gasteiger partial charge in [-0.1, -0.05) is 333 Å². The van der Waals surface area contributed by atoms with Crippen LogP contribution < -0.4 is 0 Å². The first-order valence-electron chi connectivity index (χ1n) is 36.6. The van der Waals surface area contributed by atoms with Crippen LogP contribution >= 0.6 is 11.3 Å². The number of thiophene rings is 1. The minimum absolute atomic E-state index is 0.984. The quantitative estimate of drug-likeness (QED) is 0.109. The molecule has 0 bridgehead atoms. The second-order valence-electron chi connectivity index (χ2n) is 22.1. The second kappa shape index (κ2) is 50.7. The number of aryl methyl sites for hydroxylation is 14. The molecule has 0 saturated carbocycles. The molecular weight excluding hydrogens is 1200 g/mol. The number of fused-ring (bicyclic) bond motifs is 8. The summed E-state index contributed by atoms with van der Waals surface area (Å²) in [5, 5.41) is 18.9. The number of rotatable bonds is 0. The summed E-state index contributed by atoms with van der Waals surface area (Å²) >= 11 is 1.84. The molecular formula is C96H128OS. The van der Waals surface area contributed by atoms with Crippen molar-refractivity contribution >= 4 is 86.7 Å². The molecule has 0 saturated heterocycles. The molecule has 0 atom stereocenters. The maximum absolute atomic E-state index is 5.08. The fraction of sp³-hybridized carbons (Fsp3) is 0.312. The first-order chi connectivity index (χ1) is 47.4. The Kier molecular flexibility index (Phi) is 46.3. The summed E-state index contributed by atoms with van der Waals surface area (Å²) in [5.41, 5.74) is 13.5. The van der Waals surface area contributed by atoms with Crippen LogP contribution in [-0.4, -0.2) is 0 Å². The number of furan rings is 1. The molecule has 0 unspecified atom stereocenters. The lowest BCUT2D eigenvalue weighted by Crippen LogP contribution is -1.87. The van der Waals surface area contributed by atoms with Crippen LogP contribution in [0.5, 0.6) is 0 Å². The van der Waals surface area contributed by atoms with E-state index in [4.69, 9.17) is 4.42 Å². The van der Waals surface area contributed by atoms with E-state index < -0.39 is 0 Å².